The zero-order valence-electron chi connectivity index (χ0n) is 10.3. The SMILES string of the molecule is O=C(Cl)CCCCCCCCCCC[N+](=O)[O-]. The van der Waals surface area contributed by atoms with Crippen LogP contribution in [0.15, 0.2) is 0 Å². The summed E-state index contributed by atoms with van der Waals surface area (Å²) in [5.41, 5.74) is 0. The van der Waals surface area contributed by atoms with Crippen LogP contribution in [0, 0.1) is 10.1 Å². The Balaban J connectivity index is 2.98. The fourth-order valence-corrected chi connectivity index (χ4v) is 1.88. The quantitative estimate of drug-likeness (QED) is 0.232. The molecule has 0 spiro atoms. The molecule has 0 atom stereocenters. The van der Waals surface area contributed by atoms with E-state index in [2.05, 4.69) is 0 Å². The zero-order chi connectivity index (χ0) is 12.9. The highest BCUT2D eigenvalue weighted by atomic mass is 35.5. The van der Waals surface area contributed by atoms with Gasteiger partial charge in [0, 0.05) is 17.8 Å². The molecule has 0 heterocycles. The predicted molar refractivity (Wildman–Crippen MR) is 68.9 cm³/mol. The van der Waals surface area contributed by atoms with Crippen LogP contribution in [-0.2, 0) is 4.79 Å². The average molecular weight is 264 g/mol. The molecule has 0 rings (SSSR count). The predicted octanol–water partition coefficient (Wildman–Crippen LogP) is 3.93. The number of nitrogens with zero attached hydrogens (tertiary/aromatic N) is 1. The first-order valence-corrected chi connectivity index (χ1v) is 6.81. The number of carbonyl (C=O) groups is 1. The second kappa shape index (κ2) is 11.8. The first-order chi connectivity index (χ1) is 8.13. The molecule has 0 aliphatic carbocycles. The summed E-state index contributed by atoms with van der Waals surface area (Å²) in [4.78, 5) is 20.2. The molecular formula is C12H22ClNO3. The summed E-state index contributed by atoms with van der Waals surface area (Å²) in [5.74, 6) is 0. The fourth-order valence-electron chi connectivity index (χ4n) is 1.74. The molecule has 0 bridgehead atoms. The minimum Gasteiger partial charge on any atom is -0.281 e. The topological polar surface area (TPSA) is 60.2 Å². The molecule has 0 aromatic rings. The molecule has 0 N–H and O–H groups in total. The highest BCUT2D eigenvalue weighted by Gasteiger charge is 1.98. The number of rotatable bonds is 12. The van der Waals surface area contributed by atoms with E-state index < -0.39 is 0 Å². The average Bonchev–Trinajstić information content (AvgIpc) is 2.25. The Kier molecular flexibility index (Phi) is 11.4. The summed E-state index contributed by atoms with van der Waals surface area (Å²) in [6.45, 7) is 0.104. The highest BCUT2D eigenvalue weighted by molar-refractivity contribution is 6.63. The molecule has 0 aromatic carbocycles. The Labute approximate surface area is 108 Å². The van der Waals surface area contributed by atoms with Crippen molar-refractivity contribution in [1.82, 2.24) is 0 Å². The van der Waals surface area contributed by atoms with Crippen molar-refractivity contribution in [2.75, 3.05) is 6.54 Å². The smallest absolute Gasteiger partial charge is 0.221 e. The van der Waals surface area contributed by atoms with Gasteiger partial charge < -0.3 is 0 Å². The van der Waals surface area contributed by atoms with Crippen molar-refractivity contribution < 1.29 is 9.72 Å². The molecule has 0 radical (unpaired) electrons. The van der Waals surface area contributed by atoms with E-state index in [1.54, 1.807) is 0 Å². The van der Waals surface area contributed by atoms with Crippen molar-refractivity contribution in [3.63, 3.8) is 0 Å². The summed E-state index contributed by atoms with van der Waals surface area (Å²) in [6.07, 6.45) is 9.89. The molecule has 0 fully saturated rings. The first-order valence-electron chi connectivity index (χ1n) is 6.43. The lowest BCUT2D eigenvalue weighted by Crippen LogP contribution is -1.99. The number of nitro groups is 1. The van der Waals surface area contributed by atoms with Crippen LogP contribution in [0.3, 0.4) is 0 Å². The molecule has 100 valence electrons. The van der Waals surface area contributed by atoms with Gasteiger partial charge in [0.25, 0.3) is 0 Å². The lowest BCUT2D eigenvalue weighted by Gasteiger charge is -2.00. The van der Waals surface area contributed by atoms with Crippen LogP contribution in [0.1, 0.15) is 64.2 Å². The van der Waals surface area contributed by atoms with Gasteiger partial charge in [0.2, 0.25) is 11.8 Å². The standard InChI is InChI=1S/C12H22ClNO3/c13-12(15)10-8-6-4-2-1-3-5-7-9-11-14(16)17/h1-11H2. The van der Waals surface area contributed by atoms with E-state index in [9.17, 15) is 14.9 Å². The van der Waals surface area contributed by atoms with Gasteiger partial charge in [-0.1, -0.05) is 38.5 Å². The highest BCUT2D eigenvalue weighted by Crippen LogP contribution is 2.11. The second-order valence-electron chi connectivity index (χ2n) is 4.34. The Hall–Kier alpha value is -0.640. The molecule has 5 heteroatoms. The molecular weight excluding hydrogens is 242 g/mol. The van der Waals surface area contributed by atoms with Gasteiger partial charge in [-0.3, -0.25) is 14.9 Å². The molecule has 17 heavy (non-hydrogen) atoms. The number of carbonyl (C=O) groups excluding carboxylic acids is 1. The zero-order valence-corrected chi connectivity index (χ0v) is 11.1. The van der Waals surface area contributed by atoms with Crippen LogP contribution in [0.25, 0.3) is 0 Å². The van der Waals surface area contributed by atoms with Crippen molar-refractivity contribution in [3.05, 3.63) is 10.1 Å². The maximum atomic E-state index is 10.4. The van der Waals surface area contributed by atoms with Crippen LogP contribution in [0.5, 0.6) is 0 Å². The van der Waals surface area contributed by atoms with Gasteiger partial charge in [0.1, 0.15) is 0 Å². The molecule has 4 nitrogen and oxygen atoms in total. The van der Waals surface area contributed by atoms with E-state index in [0.717, 1.165) is 38.5 Å². The number of hydrogen-bond donors (Lipinski definition) is 0. The largest absolute Gasteiger partial charge is 0.281 e. The lowest BCUT2D eigenvalue weighted by molar-refractivity contribution is -0.480. The molecule has 0 saturated heterocycles. The number of halogens is 1. The summed E-state index contributed by atoms with van der Waals surface area (Å²) < 4.78 is 0. The van der Waals surface area contributed by atoms with E-state index in [1.165, 1.54) is 12.8 Å². The van der Waals surface area contributed by atoms with Gasteiger partial charge in [-0.2, -0.15) is 0 Å². The Morgan fingerprint density at radius 3 is 1.71 bits per heavy atom. The van der Waals surface area contributed by atoms with Crippen molar-refractivity contribution in [2.24, 2.45) is 0 Å². The minimum atomic E-state index is -0.252. The van der Waals surface area contributed by atoms with Crippen molar-refractivity contribution >= 4 is 16.8 Å². The van der Waals surface area contributed by atoms with E-state index in [0.29, 0.717) is 12.8 Å². The van der Waals surface area contributed by atoms with Crippen molar-refractivity contribution in [1.29, 1.82) is 0 Å². The maximum absolute atomic E-state index is 10.4. The fraction of sp³-hybridized carbons (Fsp3) is 0.917. The van der Waals surface area contributed by atoms with Crippen LogP contribution >= 0.6 is 11.6 Å². The first kappa shape index (κ1) is 16.4. The van der Waals surface area contributed by atoms with Crippen LogP contribution < -0.4 is 0 Å². The Morgan fingerprint density at radius 1 is 0.882 bits per heavy atom. The maximum Gasteiger partial charge on any atom is 0.221 e. The molecule has 0 saturated carbocycles. The minimum absolute atomic E-state index is 0.104. The number of hydrogen-bond acceptors (Lipinski definition) is 3. The van der Waals surface area contributed by atoms with Gasteiger partial charge in [-0.15, -0.1) is 0 Å². The summed E-state index contributed by atoms with van der Waals surface area (Å²) in [7, 11) is 0. The summed E-state index contributed by atoms with van der Waals surface area (Å²) in [5, 5.41) is 9.81. The lowest BCUT2D eigenvalue weighted by atomic mass is 10.1. The van der Waals surface area contributed by atoms with Crippen molar-refractivity contribution in [2.45, 2.75) is 64.2 Å². The third-order valence-electron chi connectivity index (χ3n) is 2.71. The van der Waals surface area contributed by atoms with E-state index in [-0.39, 0.29) is 16.7 Å². The van der Waals surface area contributed by atoms with Crippen molar-refractivity contribution in [3.8, 4) is 0 Å². The molecule has 0 aromatic heterocycles. The summed E-state index contributed by atoms with van der Waals surface area (Å²) >= 11 is 5.22. The van der Waals surface area contributed by atoms with E-state index in [4.69, 9.17) is 11.6 Å². The Bertz CT molecular complexity index is 200. The van der Waals surface area contributed by atoms with Gasteiger partial charge in [0.15, 0.2) is 0 Å². The van der Waals surface area contributed by atoms with Gasteiger partial charge in [0.05, 0.1) is 0 Å². The Morgan fingerprint density at radius 2 is 1.29 bits per heavy atom. The molecule has 0 aliphatic rings. The van der Waals surface area contributed by atoms with Crippen LogP contribution in [-0.4, -0.2) is 16.7 Å². The van der Waals surface area contributed by atoms with E-state index >= 15 is 0 Å². The van der Waals surface area contributed by atoms with E-state index in [1.807, 2.05) is 0 Å². The third kappa shape index (κ3) is 15.4. The second-order valence-corrected chi connectivity index (χ2v) is 4.77. The summed E-state index contributed by atoms with van der Waals surface area (Å²) in [6, 6.07) is 0. The molecule has 0 unspecified atom stereocenters. The number of unbranched alkanes of at least 4 members (excludes halogenated alkanes) is 8. The normalized spacial score (nSPS) is 10.4. The van der Waals surface area contributed by atoms with Gasteiger partial charge in [-0.25, -0.2) is 0 Å². The van der Waals surface area contributed by atoms with Crippen LogP contribution in [0.2, 0.25) is 0 Å². The van der Waals surface area contributed by atoms with Crippen LogP contribution in [0.4, 0.5) is 0 Å². The van der Waals surface area contributed by atoms with Gasteiger partial charge in [-0.05, 0) is 24.4 Å². The van der Waals surface area contributed by atoms with Gasteiger partial charge >= 0.3 is 0 Å². The molecule has 0 aliphatic heterocycles. The monoisotopic (exact) mass is 263 g/mol. The molecule has 0 amide bonds. The third-order valence-corrected chi connectivity index (χ3v) is 2.90.